The smallest absolute Gasteiger partial charge is 0.313 e. The number of anilines is 1. The molecule has 8 nitrogen and oxygen atoms in total. The molecular formula is C14H16ClN5O3. The summed E-state index contributed by atoms with van der Waals surface area (Å²) in [5.41, 5.74) is -0.114. The summed E-state index contributed by atoms with van der Waals surface area (Å²) in [4.78, 5) is 21.3. The van der Waals surface area contributed by atoms with Crippen LogP contribution in [0.15, 0.2) is 16.8 Å². The van der Waals surface area contributed by atoms with Crippen molar-refractivity contribution in [1.82, 2.24) is 15.1 Å². The lowest BCUT2D eigenvalue weighted by molar-refractivity contribution is -0.384. The van der Waals surface area contributed by atoms with Crippen LogP contribution >= 0.6 is 11.6 Å². The summed E-state index contributed by atoms with van der Waals surface area (Å²) in [6, 6.07) is 1.13. The summed E-state index contributed by atoms with van der Waals surface area (Å²) < 4.78 is 5.26. The van der Waals surface area contributed by atoms with Gasteiger partial charge < -0.3 is 9.42 Å². The SMILES string of the molecule is CC(C)c1nc([C@H]2CCCN2c2ncc(Cl)cc2[N+](=O)[O-])no1. The molecule has 3 rings (SSSR count). The van der Waals surface area contributed by atoms with Crippen LogP contribution in [0.2, 0.25) is 5.02 Å². The van der Waals surface area contributed by atoms with Gasteiger partial charge >= 0.3 is 5.69 Å². The number of rotatable bonds is 4. The fourth-order valence-electron chi connectivity index (χ4n) is 2.68. The molecule has 1 aliphatic rings. The number of hydrogen-bond acceptors (Lipinski definition) is 7. The Balaban J connectivity index is 1.97. The van der Waals surface area contributed by atoms with Gasteiger partial charge in [0.15, 0.2) is 5.82 Å². The molecule has 0 N–H and O–H groups in total. The van der Waals surface area contributed by atoms with Crippen LogP contribution in [0.4, 0.5) is 11.5 Å². The van der Waals surface area contributed by atoms with E-state index in [9.17, 15) is 10.1 Å². The first kappa shape index (κ1) is 15.7. The number of nitrogens with zero attached hydrogens (tertiary/aromatic N) is 5. The van der Waals surface area contributed by atoms with E-state index in [2.05, 4.69) is 15.1 Å². The van der Waals surface area contributed by atoms with E-state index in [0.29, 0.717) is 18.3 Å². The van der Waals surface area contributed by atoms with Crippen LogP contribution in [-0.4, -0.2) is 26.6 Å². The number of aromatic nitrogens is 3. The average molecular weight is 338 g/mol. The summed E-state index contributed by atoms with van der Waals surface area (Å²) >= 11 is 5.83. The molecule has 1 aliphatic heterocycles. The first-order valence-corrected chi connectivity index (χ1v) is 7.75. The zero-order chi connectivity index (χ0) is 16.6. The Morgan fingerprint density at radius 2 is 2.30 bits per heavy atom. The van der Waals surface area contributed by atoms with Gasteiger partial charge in [-0.15, -0.1) is 0 Å². The number of halogens is 1. The fourth-order valence-corrected chi connectivity index (χ4v) is 2.83. The highest BCUT2D eigenvalue weighted by Gasteiger charge is 2.35. The molecule has 0 aromatic carbocycles. The van der Waals surface area contributed by atoms with Gasteiger partial charge in [0, 0.05) is 24.7 Å². The topological polar surface area (TPSA) is 98.2 Å². The predicted molar refractivity (Wildman–Crippen MR) is 83.6 cm³/mol. The molecule has 1 saturated heterocycles. The van der Waals surface area contributed by atoms with Crippen molar-refractivity contribution in [1.29, 1.82) is 0 Å². The van der Waals surface area contributed by atoms with Gasteiger partial charge in [-0.3, -0.25) is 10.1 Å². The second-order valence-electron chi connectivity index (χ2n) is 5.75. The van der Waals surface area contributed by atoms with Crippen LogP contribution < -0.4 is 4.90 Å². The highest BCUT2D eigenvalue weighted by molar-refractivity contribution is 6.30. The van der Waals surface area contributed by atoms with E-state index in [1.54, 1.807) is 0 Å². The van der Waals surface area contributed by atoms with Crippen LogP contribution in [0, 0.1) is 10.1 Å². The van der Waals surface area contributed by atoms with Crippen LogP contribution in [0.1, 0.15) is 50.4 Å². The lowest BCUT2D eigenvalue weighted by atomic mass is 10.2. The van der Waals surface area contributed by atoms with Gasteiger partial charge in [0.05, 0.1) is 16.0 Å². The van der Waals surface area contributed by atoms with Crippen LogP contribution in [0.5, 0.6) is 0 Å². The zero-order valence-electron chi connectivity index (χ0n) is 12.8. The van der Waals surface area contributed by atoms with Crippen molar-refractivity contribution in [2.75, 3.05) is 11.4 Å². The van der Waals surface area contributed by atoms with Gasteiger partial charge in [-0.1, -0.05) is 30.6 Å². The zero-order valence-corrected chi connectivity index (χ0v) is 13.5. The minimum Gasteiger partial charge on any atom is -0.340 e. The van der Waals surface area contributed by atoms with Crippen LogP contribution in [-0.2, 0) is 0 Å². The summed E-state index contributed by atoms with van der Waals surface area (Å²) in [7, 11) is 0. The average Bonchev–Trinajstić information content (AvgIpc) is 3.15. The molecule has 122 valence electrons. The van der Waals surface area contributed by atoms with Gasteiger partial charge in [0.1, 0.15) is 0 Å². The molecule has 0 amide bonds. The first-order chi connectivity index (χ1) is 11.0. The molecule has 1 fully saturated rings. The van der Waals surface area contributed by atoms with E-state index >= 15 is 0 Å². The van der Waals surface area contributed by atoms with Gasteiger partial charge in [0.25, 0.3) is 0 Å². The highest BCUT2D eigenvalue weighted by Crippen LogP contribution is 2.39. The summed E-state index contributed by atoms with van der Waals surface area (Å²) in [5, 5.41) is 15.6. The van der Waals surface area contributed by atoms with Gasteiger partial charge in [-0.25, -0.2) is 4.98 Å². The second-order valence-corrected chi connectivity index (χ2v) is 6.19. The highest BCUT2D eigenvalue weighted by atomic mass is 35.5. The molecule has 0 bridgehead atoms. The third kappa shape index (κ3) is 2.98. The molecule has 0 radical (unpaired) electrons. The maximum Gasteiger partial charge on any atom is 0.313 e. The van der Waals surface area contributed by atoms with Crippen molar-refractivity contribution >= 4 is 23.1 Å². The molecule has 9 heteroatoms. The second kappa shape index (κ2) is 6.11. The molecule has 0 saturated carbocycles. The largest absolute Gasteiger partial charge is 0.340 e. The Morgan fingerprint density at radius 3 is 2.96 bits per heavy atom. The van der Waals surface area contributed by atoms with Crippen molar-refractivity contribution in [3.05, 3.63) is 39.1 Å². The normalized spacial score (nSPS) is 17.9. The first-order valence-electron chi connectivity index (χ1n) is 7.37. The molecule has 2 aromatic rings. The van der Waals surface area contributed by atoms with Crippen molar-refractivity contribution in [2.45, 2.75) is 38.6 Å². The van der Waals surface area contributed by atoms with Gasteiger partial charge in [-0.05, 0) is 12.8 Å². The van der Waals surface area contributed by atoms with E-state index < -0.39 is 4.92 Å². The Bertz CT molecular complexity index is 733. The predicted octanol–water partition coefficient (Wildman–Crippen LogP) is 3.49. The molecule has 0 spiro atoms. The maximum absolute atomic E-state index is 11.3. The molecule has 1 atom stereocenters. The Labute approximate surface area is 137 Å². The Kier molecular flexibility index (Phi) is 4.16. The van der Waals surface area contributed by atoms with Crippen molar-refractivity contribution < 1.29 is 9.45 Å². The van der Waals surface area contributed by atoms with E-state index in [-0.39, 0.29) is 28.5 Å². The van der Waals surface area contributed by atoms with E-state index in [4.69, 9.17) is 16.1 Å². The maximum atomic E-state index is 11.3. The lowest BCUT2D eigenvalue weighted by Gasteiger charge is -2.22. The van der Waals surface area contributed by atoms with Crippen molar-refractivity contribution in [3.8, 4) is 0 Å². The van der Waals surface area contributed by atoms with E-state index in [1.165, 1.54) is 12.3 Å². The number of hydrogen-bond donors (Lipinski definition) is 0. The van der Waals surface area contributed by atoms with Crippen LogP contribution in [0.25, 0.3) is 0 Å². The summed E-state index contributed by atoms with van der Waals surface area (Å²) in [6.07, 6.45) is 3.07. The molecule has 0 unspecified atom stereocenters. The minimum atomic E-state index is -0.473. The van der Waals surface area contributed by atoms with Gasteiger partial charge in [0.2, 0.25) is 11.7 Å². The fraction of sp³-hybridized carbons (Fsp3) is 0.500. The minimum absolute atomic E-state index is 0.114. The molecule has 3 heterocycles. The number of pyridine rings is 1. The molecular weight excluding hydrogens is 322 g/mol. The third-order valence-corrected chi connectivity index (χ3v) is 3.99. The third-order valence-electron chi connectivity index (χ3n) is 3.78. The Hall–Kier alpha value is -2.22. The molecule has 0 aliphatic carbocycles. The van der Waals surface area contributed by atoms with Crippen LogP contribution in [0.3, 0.4) is 0 Å². The standard InChI is InChI=1S/C14H16ClN5O3/c1-8(2)14-17-12(18-23-14)10-4-3-5-19(10)13-11(20(21)22)6-9(15)7-16-13/h6-8,10H,3-5H2,1-2H3/t10-/m1/s1. The van der Waals surface area contributed by atoms with Gasteiger partial charge in [-0.2, -0.15) is 4.98 Å². The lowest BCUT2D eigenvalue weighted by Crippen LogP contribution is -2.25. The van der Waals surface area contributed by atoms with E-state index in [0.717, 1.165) is 12.8 Å². The van der Waals surface area contributed by atoms with Crippen molar-refractivity contribution in [2.24, 2.45) is 0 Å². The summed E-state index contributed by atoms with van der Waals surface area (Å²) in [6.45, 7) is 4.58. The monoisotopic (exact) mass is 337 g/mol. The van der Waals surface area contributed by atoms with E-state index in [1.807, 2.05) is 18.7 Å². The van der Waals surface area contributed by atoms with Crippen molar-refractivity contribution in [3.63, 3.8) is 0 Å². The molecule has 2 aromatic heterocycles. The summed E-state index contributed by atoms with van der Waals surface area (Å²) in [5.74, 6) is 1.52. The number of nitro groups is 1. The Morgan fingerprint density at radius 1 is 1.52 bits per heavy atom. The molecule has 23 heavy (non-hydrogen) atoms. The quantitative estimate of drug-likeness (QED) is 0.622.